The molecule has 3 nitrogen and oxygen atoms in total. The first kappa shape index (κ1) is 19.3. The highest BCUT2D eigenvalue weighted by atomic mass is 32.1. The second kappa shape index (κ2) is 8.15. The van der Waals surface area contributed by atoms with Gasteiger partial charge in [-0.25, -0.2) is 4.39 Å². The molecule has 0 fully saturated rings. The average Bonchev–Trinajstić information content (AvgIpc) is 3.39. The molecule has 28 heavy (non-hydrogen) atoms. The van der Waals surface area contributed by atoms with E-state index in [1.54, 1.807) is 28.4 Å². The summed E-state index contributed by atoms with van der Waals surface area (Å²) in [6.45, 7) is 3.23. The van der Waals surface area contributed by atoms with Crippen molar-refractivity contribution in [1.29, 1.82) is 0 Å². The highest BCUT2D eigenvalue weighted by Crippen LogP contribution is 2.39. The Labute approximate surface area is 173 Å². The lowest BCUT2D eigenvalue weighted by atomic mass is 9.98. The van der Waals surface area contributed by atoms with Gasteiger partial charge in [0.1, 0.15) is 5.82 Å². The standard InChI is InChI=1S/C22H23FN2OS2/c1-15(16-5-7-17(23)8-6-16)24(2)21(26)14-25-11-9-19-18(10-13-28-19)22(25)20-4-3-12-27-20/h3-8,10,12-13,15,22H,9,11,14H2,1-2H3. The van der Waals surface area contributed by atoms with Gasteiger partial charge in [-0.15, -0.1) is 22.7 Å². The number of nitrogens with zero attached hydrogens (tertiary/aromatic N) is 2. The molecule has 0 saturated heterocycles. The Hall–Kier alpha value is -2.02. The second-order valence-corrected chi connectivity index (χ2v) is 9.15. The van der Waals surface area contributed by atoms with Crippen molar-refractivity contribution in [3.05, 3.63) is 79.9 Å². The van der Waals surface area contributed by atoms with Crippen molar-refractivity contribution in [2.24, 2.45) is 0 Å². The molecule has 4 rings (SSSR count). The first-order chi connectivity index (χ1) is 13.5. The van der Waals surface area contributed by atoms with Crippen molar-refractivity contribution >= 4 is 28.6 Å². The summed E-state index contributed by atoms with van der Waals surface area (Å²) in [5, 5.41) is 4.25. The van der Waals surface area contributed by atoms with Crippen LogP contribution in [0.5, 0.6) is 0 Å². The first-order valence-electron chi connectivity index (χ1n) is 9.39. The molecule has 0 N–H and O–H groups in total. The Morgan fingerprint density at radius 3 is 2.71 bits per heavy atom. The predicted octanol–water partition coefficient (Wildman–Crippen LogP) is 5.12. The fourth-order valence-electron chi connectivity index (χ4n) is 3.78. The van der Waals surface area contributed by atoms with Crippen molar-refractivity contribution in [3.8, 4) is 0 Å². The summed E-state index contributed by atoms with van der Waals surface area (Å²) in [4.78, 5) is 19.8. The molecule has 6 heteroatoms. The zero-order chi connectivity index (χ0) is 19.7. The third-order valence-corrected chi connectivity index (χ3v) is 7.46. The normalized spacial score (nSPS) is 17.9. The smallest absolute Gasteiger partial charge is 0.237 e. The molecule has 0 saturated carbocycles. The minimum atomic E-state index is -0.261. The lowest BCUT2D eigenvalue weighted by Crippen LogP contribution is -2.43. The number of amides is 1. The van der Waals surface area contributed by atoms with Gasteiger partial charge in [0.15, 0.2) is 0 Å². The monoisotopic (exact) mass is 414 g/mol. The molecule has 0 aliphatic carbocycles. The molecular weight excluding hydrogens is 391 g/mol. The molecule has 2 aromatic heterocycles. The van der Waals surface area contributed by atoms with Gasteiger partial charge in [0.25, 0.3) is 0 Å². The van der Waals surface area contributed by atoms with Crippen LogP contribution in [0.25, 0.3) is 0 Å². The van der Waals surface area contributed by atoms with E-state index >= 15 is 0 Å². The topological polar surface area (TPSA) is 23.6 Å². The Morgan fingerprint density at radius 1 is 1.21 bits per heavy atom. The van der Waals surface area contributed by atoms with Crippen LogP contribution in [0.15, 0.2) is 53.2 Å². The molecule has 1 aromatic carbocycles. The molecule has 146 valence electrons. The van der Waals surface area contributed by atoms with Crippen LogP contribution in [0.4, 0.5) is 4.39 Å². The van der Waals surface area contributed by atoms with Gasteiger partial charge >= 0.3 is 0 Å². The molecule has 0 bridgehead atoms. The highest BCUT2D eigenvalue weighted by molar-refractivity contribution is 7.10. The minimum absolute atomic E-state index is 0.0806. The van der Waals surface area contributed by atoms with Gasteiger partial charge in [-0.2, -0.15) is 0 Å². The van der Waals surface area contributed by atoms with Gasteiger partial charge in [-0.1, -0.05) is 18.2 Å². The Bertz CT molecular complexity index is 936. The SMILES string of the molecule is CC(c1ccc(F)cc1)N(C)C(=O)CN1CCc2sccc2C1c1cccs1. The number of fused-ring (bicyclic) bond motifs is 1. The molecule has 3 heterocycles. The quantitative estimate of drug-likeness (QED) is 0.579. The van der Waals surface area contributed by atoms with Gasteiger partial charge in [-0.3, -0.25) is 9.69 Å². The van der Waals surface area contributed by atoms with Gasteiger partial charge in [-0.05, 0) is 59.5 Å². The van der Waals surface area contributed by atoms with E-state index in [2.05, 4.69) is 33.9 Å². The molecule has 1 amide bonds. The summed E-state index contributed by atoms with van der Waals surface area (Å²) < 4.78 is 13.2. The molecule has 1 aliphatic rings. The minimum Gasteiger partial charge on any atom is -0.338 e. The highest BCUT2D eigenvalue weighted by Gasteiger charge is 2.32. The molecule has 2 unspecified atom stereocenters. The van der Waals surface area contributed by atoms with E-state index in [-0.39, 0.29) is 23.8 Å². The van der Waals surface area contributed by atoms with E-state index in [9.17, 15) is 9.18 Å². The maximum Gasteiger partial charge on any atom is 0.237 e. The molecule has 0 spiro atoms. The van der Waals surface area contributed by atoms with E-state index in [1.165, 1.54) is 27.5 Å². The molecular formula is C22H23FN2OS2. The Morgan fingerprint density at radius 2 is 2.00 bits per heavy atom. The molecule has 2 atom stereocenters. The van der Waals surface area contributed by atoms with E-state index in [1.807, 2.05) is 25.3 Å². The van der Waals surface area contributed by atoms with E-state index in [0.717, 1.165) is 18.5 Å². The lowest BCUT2D eigenvalue weighted by molar-refractivity contribution is -0.133. The maximum absolute atomic E-state index is 13.2. The van der Waals surface area contributed by atoms with Crippen molar-refractivity contribution < 1.29 is 9.18 Å². The van der Waals surface area contributed by atoms with Crippen LogP contribution in [0.3, 0.4) is 0 Å². The summed E-state index contributed by atoms with van der Waals surface area (Å²) in [5.74, 6) is -0.180. The third-order valence-electron chi connectivity index (χ3n) is 5.54. The number of hydrogen-bond acceptors (Lipinski definition) is 4. The van der Waals surface area contributed by atoms with E-state index < -0.39 is 0 Å². The van der Waals surface area contributed by atoms with Crippen molar-refractivity contribution in [1.82, 2.24) is 9.80 Å². The van der Waals surface area contributed by atoms with Crippen LogP contribution >= 0.6 is 22.7 Å². The van der Waals surface area contributed by atoms with Crippen LogP contribution in [-0.2, 0) is 11.2 Å². The van der Waals surface area contributed by atoms with Crippen LogP contribution in [0.2, 0.25) is 0 Å². The Kier molecular flexibility index (Phi) is 5.62. The molecule has 1 aliphatic heterocycles. The number of benzene rings is 1. The van der Waals surface area contributed by atoms with Crippen LogP contribution in [0.1, 0.15) is 39.9 Å². The summed E-state index contributed by atoms with van der Waals surface area (Å²) >= 11 is 3.55. The van der Waals surface area contributed by atoms with E-state index in [4.69, 9.17) is 0 Å². The largest absolute Gasteiger partial charge is 0.338 e. The summed E-state index contributed by atoms with van der Waals surface area (Å²) in [6, 6.07) is 12.9. The number of hydrogen-bond donors (Lipinski definition) is 0. The van der Waals surface area contributed by atoms with Gasteiger partial charge in [0.05, 0.1) is 18.6 Å². The van der Waals surface area contributed by atoms with E-state index in [0.29, 0.717) is 6.54 Å². The number of carbonyl (C=O) groups is 1. The fourth-order valence-corrected chi connectivity index (χ4v) is 5.57. The second-order valence-electron chi connectivity index (χ2n) is 7.17. The fraction of sp³-hybridized carbons (Fsp3) is 0.318. The Balaban J connectivity index is 1.52. The van der Waals surface area contributed by atoms with Crippen LogP contribution in [0, 0.1) is 5.82 Å². The number of halogens is 1. The zero-order valence-electron chi connectivity index (χ0n) is 16.0. The number of rotatable bonds is 5. The first-order valence-corrected chi connectivity index (χ1v) is 11.2. The third kappa shape index (κ3) is 3.77. The van der Waals surface area contributed by atoms with Gasteiger partial charge < -0.3 is 4.90 Å². The molecule has 3 aromatic rings. The van der Waals surface area contributed by atoms with Gasteiger partial charge in [0, 0.05) is 23.3 Å². The van der Waals surface area contributed by atoms with Crippen molar-refractivity contribution in [3.63, 3.8) is 0 Å². The van der Waals surface area contributed by atoms with Crippen molar-refractivity contribution in [2.75, 3.05) is 20.1 Å². The summed E-state index contributed by atoms with van der Waals surface area (Å²) in [5.41, 5.74) is 2.27. The summed E-state index contributed by atoms with van der Waals surface area (Å²) in [6.07, 6.45) is 0.986. The zero-order valence-corrected chi connectivity index (χ0v) is 17.6. The van der Waals surface area contributed by atoms with Crippen molar-refractivity contribution in [2.45, 2.75) is 25.4 Å². The lowest BCUT2D eigenvalue weighted by Gasteiger charge is -2.36. The summed E-state index contributed by atoms with van der Waals surface area (Å²) in [7, 11) is 1.83. The number of thiophene rings is 2. The maximum atomic E-state index is 13.2. The van der Waals surface area contributed by atoms with Crippen LogP contribution < -0.4 is 0 Å². The predicted molar refractivity (Wildman–Crippen MR) is 113 cm³/mol. The average molecular weight is 415 g/mol. The number of likely N-dealkylation sites (N-methyl/N-ethyl adjacent to an activating group) is 1. The van der Waals surface area contributed by atoms with Gasteiger partial charge in [0.2, 0.25) is 5.91 Å². The number of carbonyl (C=O) groups excluding carboxylic acids is 1. The molecule has 0 radical (unpaired) electrons. The van der Waals surface area contributed by atoms with Crippen LogP contribution in [-0.4, -0.2) is 35.8 Å².